The minimum Gasteiger partial charge on any atom is -0.478 e. The molecule has 25 heavy (non-hydrogen) atoms. The molecule has 6 heteroatoms. The third kappa shape index (κ3) is 2.59. The molecule has 2 heterocycles. The Hall–Kier alpha value is -2.09. The van der Waals surface area contributed by atoms with Crippen LogP contribution in [0.5, 0.6) is 0 Å². The smallest absolute Gasteiger partial charge is 0.338 e. The number of carbonyl (C=O) groups is 2. The summed E-state index contributed by atoms with van der Waals surface area (Å²) in [6.45, 7) is 1.98. The molecule has 2 aromatic rings. The van der Waals surface area contributed by atoms with Crippen molar-refractivity contribution in [3.63, 3.8) is 0 Å². The van der Waals surface area contributed by atoms with Gasteiger partial charge in [-0.2, -0.15) is 0 Å². The van der Waals surface area contributed by atoms with Crippen molar-refractivity contribution in [1.82, 2.24) is 4.98 Å². The maximum atomic E-state index is 12.5. The number of nitrogens with one attached hydrogen (secondary N) is 2. The van der Waals surface area contributed by atoms with Crippen LogP contribution in [0, 0.1) is 10.5 Å². The summed E-state index contributed by atoms with van der Waals surface area (Å²) in [5, 5.41) is 12.6. The van der Waals surface area contributed by atoms with E-state index in [4.69, 9.17) is 0 Å². The fourth-order valence-corrected chi connectivity index (χ4v) is 4.23. The minimum absolute atomic E-state index is 0.191. The molecule has 1 amide bonds. The summed E-state index contributed by atoms with van der Waals surface area (Å²) in [7, 11) is 0. The maximum Gasteiger partial charge on any atom is 0.338 e. The van der Waals surface area contributed by atoms with Gasteiger partial charge in [0.15, 0.2) is 0 Å². The number of halogens is 1. The molecule has 128 valence electrons. The highest BCUT2D eigenvalue weighted by Gasteiger charge is 2.29. The number of aromatic amines is 1. The molecule has 1 aliphatic heterocycles. The first-order valence-corrected chi connectivity index (χ1v) is 9.34. The average molecular weight is 448 g/mol. The van der Waals surface area contributed by atoms with Gasteiger partial charge in [-0.15, -0.1) is 0 Å². The van der Waals surface area contributed by atoms with Gasteiger partial charge < -0.3 is 15.4 Å². The van der Waals surface area contributed by atoms with Gasteiger partial charge in [-0.1, -0.05) is 0 Å². The van der Waals surface area contributed by atoms with E-state index in [-0.39, 0.29) is 5.91 Å². The van der Waals surface area contributed by atoms with Crippen LogP contribution in [-0.2, 0) is 17.6 Å². The van der Waals surface area contributed by atoms with E-state index in [9.17, 15) is 14.7 Å². The number of carboxylic acids is 1. The van der Waals surface area contributed by atoms with Crippen LogP contribution in [0.2, 0.25) is 0 Å². The van der Waals surface area contributed by atoms with Crippen LogP contribution in [-0.4, -0.2) is 22.0 Å². The average Bonchev–Trinajstić information content (AvgIpc) is 3.09. The largest absolute Gasteiger partial charge is 0.478 e. The fourth-order valence-electron chi connectivity index (χ4n) is 3.78. The molecule has 1 aromatic heterocycles. The standard InChI is InChI=1S/C19H17IN2O3/c1-9-12(20)6-7-14-16(9)11(18(23)22-14)8-15-17(19(24)25)10-4-2-3-5-13(10)21-15/h6-8,21H,2-5H2,1H3,(H,22,23)(H,24,25). The molecule has 3 N–H and O–H groups in total. The number of aromatic nitrogens is 1. The third-order valence-corrected chi connectivity index (χ3v) is 6.16. The van der Waals surface area contributed by atoms with Gasteiger partial charge >= 0.3 is 5.97 Å². The van der Waals surface area contributed by atoms with Gasteiger partial charge in [0.05, 0.1) is 16.8 Å². The molecule has 0 saturated carbocycles. The Bertz CT molecular complexity index is 956. The lowest BCUT2D eigenvalue weighted by atomic mass is 9.94. The number of anilines is 1. The lowest BCUT2D eigenvalue weighted by Crippen LogP contribution is -2.07. The molecule has 0 unspecified atom stereocenters. The van der Waals surface area contributed by atoms with Crippen molar-refractivity contribution < 1.29 is 14.7 Å². The number of benzene rings is 1. The van der Waals surface area contributed by atoms with E-state index in [0.717, 1.165) is 57.3 Å². The van der Waals surface area contributed by atoms with Gasteiger partial charge in [0.2, 0.25) is 0 Å². The molecule has 4 rings (SSSR count). The van der Waals surface area contributed by atoms with E-state index < -0.39 is 5.97 Å². The molecule has 1 aromatic carbocycles. The van der Waals surface area contributed by atoms with Crippen LogP contribution in [0.25, 0.3) is 11.6 Å². The summed E-state index contributed by atoms with van der Waals surface area (Å²) in [6.07, 6.45) is 5.39. The predicted molar refractivity (Wildman–Crippen MR) is 105 cm³/mol. The van der Waals surface area contributed by atoms with Gasteiger partial charge in [-0.05, 0) is 84.5 Å². The Balaban J connectivity index is 1.91. The fraction of sp³-hybridized carbons (Fsp3) is 0.263. The zero-order valence-corrected chi connectivity index (χ0v) is 15.9. The molecule has 0 spiro atoms. The third-order valence-electron chi connectivity index (χ3n) is 4.99. The number of carbonyl (C=O) groups excluding carboxylic acids is 1. The van der Waals surface area contributed by atoms with Crippen molar-refractivity contribution in [3.8, 4) is 0 Å². The first kappa shape index (κ1) is 16.4. The SMILES string of the molecule is Cc1c(I)ccc2c1C(=Cc1[nH]c3c(c1C(=O)O)CCCC3)C(=O)N2. The Labute approximate surface area is 158 Å². The van der Waals surface area contributed by atoms with E-state index >= 15 is 0 Å². The summed E-state index contributed by atoms with van der Waals surface area (Å²) in [6, 6.07) is 3.86. The number of rotatable bonds is 2. The van der Waals surface area contributed by atoms with Gasteiger partial charge in [0, 0.05) is 20.5 Å². The lowest BCUT2D eigenvalue weighted by molar-refractivity contribution is -0.110. The van der Waals surface area contributed by atoms with Gasteiger partial charge in [0.1, 0.15) is 0 Å². The van der Waals surface area contributed by atoms with Gasteiger partial charge in [0.25, 0.3) is 5.91 Å². The molecule has 0 atom stereocenters. The van der Waals surface area contributed by atoms with Crippen LogP contribution in [0.4, 0.5) is 5.69 Å². The Kier molecular flexibility index (Phi) is 3.94. The van der Waals surface area contributed by atoms with Crippen LogP contribution in [0.3, 0.4) is 0 Å². The number of carboxylic acid groups (broad SMARTS) is 1. The Morgan fingerprint density at radius 3 is 2.80 bits per heavy atom. The summed E-state index contributed by atoms with van der Waals surface area (Å²) in [4.78, 5) is 27.6. The van der Waals surface area contributed by atoms with Crippen LogP contribution in [0.1, 0.15) is 51.3 Å². The number of fused-ring (bicyclic) bond motifs is 2. The zero-order valence-electron chi connectivity index (χ0n) is 13.7. The molecular formula is C19H17IN2O3. The van der Waals surface area contributed by atoms with E-state index in [1.807, 2.05) is 19.1 Å². The number of H-pyrrole nitrogens is 1. The van der Waals surface area contributed by atoms with Gasteiger partial charge in [-0.25, -0.2) is 4.79 Å². The highest BCUT2D eigenvalue weighted by Crippen LogP contribution is 2.38. The van der Waals surface area contributed by atoms with Crippen LogP contribution >= 0.6 is 22.6 Å². The van der Waals surface area contributed by atoms with Crippen molar-refractivity contribution in [2.75, 3.05) is 5.32 Å². The van der Waals surface area contributed by atoms with Crippen molar-refractivity contribution in [2.24, 2.45) is 0 Å². The number of hydrogen-bond acceptors (Lipinski definition) is 2. The topological polar surface area (TPSA) is 82.2 Å². The normalized spacial score (nSPS) is 17.4. The molecule has 0 bridgehead atoms. The highest BCUT2D eigenvalue weighted by atomic mass is 127. The number of aryl methyl sites for hydroxylation is 1. The van der Waals surface area contributed by atoms with E-state index in [2.05, 4.69) is 32.9 Å². The molecule has 1 aliphatic carbocycles. The second-order valence-electron chi connectivity index (χ2n) is 6.49. The molecule has 0 saturated heterocycles. The first-order valence-electron chi connectivity index (χ1n) is 8.27. The number of aromatic carboxylic acids is 1. The first-order chi connectivity index (χ1) is 12.0. The van der Waals surface area contributed by atoms with Crippen molar-refractivity contribution in [3.05, 3.63) is 49.3 Å². The summed E-state index contributed by atoms with van der Waals surface area (Å²) in [5.74, 6) is -1.13. The molecule has 0 fully saturated rings. The van der Waals surface area contributed by atoms with Crippen LogP contribution < -0.4 is 5.32 Å². The molecular weight excluding hydrogens is 431 g/mol. The Morgan fingerprint density at radius 1 is 1.28 bits per heavy atom. The second-order valence-corrected chi connectivity index (χ2v) is 7.65. The minimum atomic E-state index is -0.941. The summed E-state index contributed by atoms with van der Waals surface area (Å²) < 4.78 is 1.07. The van der Waals surface area contributed by atoms with Crippen LogP contribution in [0.15, 0.2) is 12.1 Å². The summed E-state index contributed by atoms with van der Waals surface area (Å²) in [5.41, 5.74) is 5.91. The van der Waals surface area contributed by atoms with Gasteiger partial charge in [-0.3, -0.25) is 4.79 Å². The van der Waals surface area contributed by atoms with Crippen molar-refractivity contribution >= 4 is 51.8 Å². The van der Waals surface area contributed by atoms with E-state index in [1.54, 1.807) is 6.08 Å². The van der Waals surface area contributed by atoms with Crippen molar-refractivity contribution in [1.29, 1.82) is 0 Å². The van der Waals surface area contributed by atoms with E-state index in [1.165, 1.54) is 0 Å². The predicted octanol–water partition coefficient (Wildman–Crippen LogP) is 4.00. The lowest BCUT2D eigenvalue weighted by Gasteiger charge is -2.10. The molecule has 5 nitrogen and oxygen atoms in total. The quantitative estimate of drug-likeness (QED) is 0.480. The highest BCUT2D eigenvalue weighted by molar-refractivity contribution is 14.1. The maximum absolute atomic E-state index is 12.5. The monoisotopic (exact) mass is 448 g/mol. The molecule has 0 radical (unpaired) electrons. The van der Waals surface area contributed by atoms with E-state index in [0.29, 0.717) is 16.8 Å². The Morgan fingerprint density at radius 2 is 2.04 bits per heavy atom. The molecule has 2 aliphatic rings. The zero-order chi connectivity index (χ0) is 17.7. The number of amides is 1. The van der Waals surface area contributed by atoms with Crippen molar-refractivity contribution in [2.45, 2.75) is 32.6 Å². The number of hydrogen-bond donors (Lipinski definition) is 3. The summed E-state index contributed by atoms with van der Waals surface area (Å²) >= 11 is 2.24. The second kappa shape index (κ2) is 6.01.